The van der Waals surface area contributed by atoms with Crippen LogP contribution in [0.25, 0.3) is 0 Å². The number of hydrazone groups is 1. The Balaban J connectivity index is 1.77. The highest BCUT2D eigenvalue weighted by Gasteiger charge is 2.35. The third-order valence-corrected chi connectivity index (χ3v) is 5.79. The number of carbonyl (C=O) groups is 1. The van der Waals surface area contributed by atoms with E-state index in [9.17, 15) is 4.79 Å². The van der Waals surface area contributed by atoms with E-state index in [0.717, 1.165) is 24.1 Å². The van der Waals surface area contributed by atoms with Crippen molar-refractivity contribution in [2.24, 2.45) is 5.10 Å². The molecule has 0 spiro atoms. The fourth-order valence-electron chi connectivity index (χ4n) is 4.22. The highest BCUT2D eigenvalue weighted by molar-refractivity contribution is 6.33. The van der Waals surface area contributed by atoms with Gasteiger partial charge in [0.2, 0.25) is 0 Å². The number of hydrogen-bond donors (Lipinski definition) is 1. The van der Waals surface area contributed by atoms with Gasteiger partial charge in [-0.3, -0.25) is 4.79 Å². The minimum Gasteiger partial charge on any atom is -0.366 e. The van der Waals surface area contributed by atoms with Crippen molar-refractivity contribution in [1.29, 1.82) is 0 Å². The number of halogens is 1. The van der Waals surface area contributed by atoms with Crippen LogP contribution in [0.3, 0.4) is 0 Å². The summed E-state index contributed by atoms with van der Waals surface area (Å²) in [7, 11) is 0. The molecule has 3 rings (SSSR count). The van der Waals surface area contributed by atoms with Crippen molar-refractivity contribution in [3.05, 3.63) is 63.7 Å². The Labute approximate surface area is 172 Å². The lowest BCUT2D eigenvalue weighted by Gasteiger charge is -2.47. The molecule has 28 heavy (non-hydrogen) atoms. The fraction of sp³-hybridized carbons (Fsp3) is 0.391. The van der Waals surface area contributed by atoms with E-state index in [-0.39, 0.29) is 11.4 Å². The molecule has 1 aliphatic heterocycles. The van der Waals surface area contributed by atoms with E-state index in [4.69, 9.17) is 11.6 Å². The summed E-state index contributed by atoms with van der Waals surface area (Å²) in [6, 6.07) is 11.7. The van der Waals surface area contributed by atoms with Crippen LogP contribution in [0.15, 0.2) is 41.5 Å². The number of carbonyl (C=O) groups excluding carboxylic acids is 1. The van der Waals surface area contributed by atoms with Crippen LogP contribution in [-0.4, -0.2) is 24.2 Å². The van der Waals surface area contributed by atoms with E-state index in [1.165, 1.54) is 11.3 Å². The Hall–Kier alpha value is -2.33. The molecule has 1 aliphatic rings. The monoisotopic (exact) mass is 397 g/mol. The molecule has 0 saturated heterocycles. The van der Waals surface area contributed by atoms with Crippen LogP contribution in [-0.2, 0) is 0 Å². The first-order chi connectivity index (χ1) is 13.2. The number of rotatable bonds is 4. The average Bonchev–Trinajstić information content (AvgIpc) is 2.61. The third-order valence-electron chi connectivity index (χ3n) is 5.47. The van der Waals surface area contributed by atoms with Gasteiger partial charge in [-0.05, 0) is 81.0 Å². The number of fused-ring (bicyclic) bond motifs is 1. The second kappa shape index (κ2) is 7.96. The van der Waals surface area contributed by atoms with Gasteiger partial charge < -0.3 is 4.90 Å². The van der Waals surface area contributed by atoms with Crippen LogP contribution in [0.4, 0.5) is 5.69 Å². The minimum atomic E-state index is -0.313. The lowest BCUT2D eigenvalue weighted by molar-refractivity contribution is 0.0955. The van der Waals surface area contributed by atoms with Crippen LogP contribution in [0.5, 0.6) is 0 Å². The van der Waals surface area contributed by atoms with Gasteiger partial charge in [0, 0.05) is 17.8 Å². The van der Waals surface area contributed by atoms with Crippen molar-refractivity contribution in [1.82, 2.24) is 5.43 Å². The van der Waals surface area contributed by atoms with Crippen molar-refractivity contribution in [2.45, 2.75) is 52.5 Å². The summed E-state index contributed by atoms with van der Waals surface area (Å²) in [6.45, 7) is 12.0. The van der Waals surface area contributed by atoms with Gasteiger partial charge in [0.15, 0.2) is 0 Å². The molecule has 0 radical (unpaired) electrons. The number of aryl methyl sites for hydroxylation is 1. The first kappa shape index (κ1) is 20.4. The molecule has 0 unspecified atom stereocenters. The number of hydrogen-bond acceptors (Lipinski definition) is 3. The van der Waals surface area contributed by atoms with E-state index in [0.29, 0.717) is 16.5 Å². The van der Waals surface area contributed by atoms with E-state index < -0.39 is 0 Å². The predicted molar refractivity (Wildman–Crippen MR) is 118 cm³/mol. The molecule has 2 aromatic carbocycles. The normalized spacial score (nSPS) is 18.2. The summed E-state index contributed by atoms with van der Waals surface area (Å²) in [5.74, 6) is 0.161. The molecule has 1 N–H and O–H groups in total. The van der Waals surface area contributed by atoms with E-state index in [2.05, 4.69) is 55.3 Å². The Morgan fingerprint density at radius 1 is 1.32 bits per heavy atom. The summed E-state index contributed by atoms with van der Waals surface area (Å²) in [6.07, 6.45) is 2.79. The molecule has 1 amide bonds. The van der Waals surface area contributed by atoms with Gasteiger partial charge in [-0.25, -0.2) is 5.43 Å². The van der Waals surface area contributed by atoms with Crippen LogP contribution in [0.2, 0.25) is 5.02 Å². The number of amides is 1. The molecule has 0 aromatic heterocycles. The second-order valence-corrected chi connectivity index (χ2v) is 8.57. The number of anilines is 1. The molecule has 1 heterocycles. The lowest BCUT2D eigenvalue weighted by atomic mass is 9.79. The molecule has 148 valence electrons. The van der Waals surface area contributed by atoms with Gasteiger partial charge in [-0.2, -0.15) is 5.10 Å². The van der Waals surface area contributed by atoms with Crippen LogP contribution >= 0.6 is 11.6 Å². The van der Waals surface area contributed by atoms with Crippen molar-refractivity contribution >= 4 is 29.4 Å². The summed E-state index contributed by atoms with van der Waals surface area (Å²) >= 11 is 6.15. The molecule has 1 atom stereocenters. The molecule has 0 saturated carbocycles. The van der Waals surface area contributed by atoms with E-state index in [1.54, 1.807) is 18.3 Å². The lowest BCUT2D eigenvalue weighted by Crippen LogP contribution is -2.48. The minimum absolute atomic E-state index is 0.151. The topological polar surface area (TPSA) is 44.7 Å². The maximum atomic E-state index is 12.3. The van der Waals surface area contributed by atoms with E-state index in [1.807, 2.05) is 19.1 Å². The molecular formula is C23H28ClN3O. The smallest absolute Gasteiger partial charge is 0.272 e. The van der Waals surface area contributed by atoms with Crippen LogP contribution in [0, 0.1) is 6.92 Å². The van der Waals surface area contributed by atoms with Crippen molar-refractivity contribution in [3.63, 3.8) is 0 Å². The van der Waals surface area contributed by atoms with Crippen LogP contribution in [0.1, 0.15) is 67.1 Å². The molecule has 2 aromatic rings. The zero-order chi connectivity index (χ0) is 20.5. The number of nitrogens with zero attached hydrogens (tertiary/aromatic N) is 2. The van der Waals surface area contributed by atoms with Crippen LogP contribution < -0.4 is 10.3 Å². The Morgan fingerprint density at radius 2 is 2.07 bits per heavy atom. The Bertz CT molecular complexity index is 920. The zero-order valence-electron chi connectivity index (χ0n) is 17.2. The average molecular weight is 398 g/mol. The van der Waals surface area contributed by atoms with Gasteiger partial charge in [0.05, 0.1) is 16.8 Å². The summed E-state index contributed by atoms with van der Waals surface area (Å²) in [5, 5.41) is 4.55. The van der Waals surface area contributed by atoms with Gasteiger partial charge in [-0.15, -0.1) is 0 Å². The van der Waals surface area contributed by atoms with Crippen molar-refractivity contribution in [3.8, 4) is 0 Å². The third kappa shape index (κ3) is 4.07. The van der Waals surface area contributed by atoms with Gasteiger partial charge in [0.25, 0.3) is 5.91 Å². The first-order valence-corrected chi connectivity index (χ1v) is 10.1. The van der Waals surface area contributed by atoms with Gasteiger partial charge >= 0.3 is 0 Å². The maximum absolute atomic E-state index is 12.3. The van der Waals surface area contributed by atoms with E-state index >= 15 is 0 Å². The van der Waals surface area contributed by atoms with Crippen molar-refractivity contribution < 1.29 is 4.79 Å². The SMILES string of the molecule is CCN1c2ccc(/C=N\NC(=O)c3ccc(C)cc3Cl)cc2[C@H](C)CC1(C)C. The number of nitrogens with one attached hydrogen (secondary N) is 1. The quantitative estimate of drug-likeness (QED) is 0.545. The highest BCUT2D eigenvalue weighted by atomic mass is 35.5. The Morgan fingerprint density at radius 3 is 2.75 bits per heavy atom. The van der Waals surface area contributed by atoms with Crippen molar-refractivity contribution in [2.75, 3.05) is 11.4 Å². The number of benzene rings is 2. The molecular weight excluding hydrogens is 370 g/mol. The standard InChI is InChI=1S/C23H28ClN3O/c1-6-27-21-10-8-17(12-19(21)16(3)13-23(27,4)5)14-25-26-22(28)18-9-7-15(2)11-20(18)24/h7-12,14,16H,6,13H2,1-5H3,(H,26,28)/b25-14-/t16-/m1/s1. The maximum Gasteiger partial charge on any atom is 0.272 e. The molecule has 0 fully saturated rings. The summed E-state index contributed by atoms with van der Waals surface area (Å²) in [4.78, 5) is 14.8. The summed E-state index contributed by atoms with van der Waals surface area (Å²) < 4.78 is 0. The highest BCUT2D eigenvalue weighted by Crippen LogP contribution is 2.43. The molecule has 0 bridgehead atoms. The fourth-order valence-corrected chi connectivity index (χ4v) is 4.54. The van der Waals surface area contributed by atoms with Gasteiger partial charge in [0.1, 0.15) is 0 Å². The predicted octanol–water partition coefficient (Wildman–Crippen LogP) is 5.52. The van der Waals surface area contributed by atoms with Gasteiger partial charge in [-0.1, -0.05) is 30.7 Å². The zero-order valence-corrected chi connectivity index (χ0v) is 18.0. The second-order valence-electron chi connectivity index (χ2n) is 8.16. The molecule has 5 heteroatoms. The Kier molecular flexibility index (Phi) is 5.80. The molecule has 4 nitrogen and oxygen atoms in total. The summed E-state index contributed by atoms with van der Waals surface area (Å²) in [5.41, 5.74) is 7.74. The molecule has 0 aliphatic carbocycles. The first-order valence-electron chi connectivity index (χ1n) is 9.74. The largest absolute Gasteiger partial charge is 0.366 e.